The number of anilines is 1. The summed E-state index contributed by atoms with van der Waals surface area (Å²) in [5.41, 5.74) is 2.22. The number of nitrogens with zero attached hydrogens (tertiary/aromatic N) is 2. The number of aliphatic hydroxyl groups is 5. The van der Waals surface area contributed by atoms with Gasteiger partial charge in [0, 0.05) is 49.0 Å². The fraction of sp³-hybridized carbons (Fsp3) is 0.531. The van der Waals surface area contributed by atoms with Crippen molar-refractivity contribution in [2.24, 2.45) is 10.9 Å². The van der Waals surface area contributed by atoms with Crippen LogP contribution in [0.25, 0.3) is 11.0 Å². The molecule has 1 fully saturated rings. The SMILES string of the molecule is Cc1cc(=O)c2cc3c(c(N4C=C5N=CC=C5C4)c2o1)O[C@](C)(CC[C@@H]1CNC(=O)C1)[C@H](OOC[C@H](O)[C@@H](O)[C@H](O)[C@H](O)CO)C3. The quantitative estimate of drug-likeness (QED) is 0.135. The smallest absolute Gasteiger partial charge is 0.220 e. The summed E-state index contributed by atoms with van der Waals surface area (Å²) in [6.45, 7) is 3.25. The number of fused-ring (bicyclic) bond motifs is 3. The molecule has 0 bridgehead atoms. The summed E-state index contributed by atoms with van der Waals surface area (Å²) in [5, 5.41) is 52.4. The number of rotatable bonds is 12. The lowest BCUT2D eigenvalue weighted by Gasteiger charge is -2.43. The van der Waals surface area contributed by atoms with Gasteiger partial charge in [-0.05, 0) is 44.7 Å². The predicted octanol–water partition coefficient (Wildman–Crippen LogP) is 0.136. The van der Waals surface area contributed by atoms with E-state index in [2.05, 4.69) is 10.3 Å². The van der Waals surface area contributed by atoms with Crippen LogP contribution in [0.1, 0.15) is 37.5 Å². The fourth-order valence-corrected chi connectivity index (χ4v) is 6.37. The number of carbonyl (C=O) groups excluding carboxylic acids is 1. The van der Waals surface area contributed by atoms with Gasteiger partial charge in [0.15, 0.2) is 16.8 Å². The highest BCUT2D eigenvalue weighted by molar-refractivity contribution is 5.96. The molecule has 4 aliphatic rings. The molecule has 1 aromatic carbocycles. The van der Waals surface area contributed by atoms with Gasteiger partial charge in [-0.15, -0.1) is 0 Å². The largest absolute Gasteiger partial charge is 0.482 e. The van der Waals surface area contributed by atoms with Gasteiger partial charge < -0.3 is 44.9 Å². The van der Waals surface area contributed by atoms with Crippen LogP contribution in [0.2, 0.25) is 0 Å². The molecule has 2 aromatic rings. The number of aliphatic hydroxyl groups excluding tert-OH is 5. The summed E-state index contributed by atoms with van der Waals surface area (Å²) in [7, 11) is 0. The van der Waals surface area contributed by atoms with Gasteiger partial charge in [-0.1, -0.05) is 0 Å². The summed E-state index contributed by atoms with van der Waals surface area (Å²) in [6, 6.07) is 3.15. The van der Waals surface area contributed by atoms with Gasteiger partial charge >= 0.3 is 0 Å². The van der Waals surface area contributed by atoms with Crippen LogP contribution < -0.4 is 20.4 Å². The predicted molar refractivity (Wildman–Crippen MR) is 164 cm³/mol. The van der Waals surface area contributed by atoms with Crippen LogP contribution in [0.3, 0.4) is 0 Å². The Bertz CT molecular complexity index is 1650. The second kappa shape index (κ2) is 12.9. The third kappa shape index (κ3) is 6.21. The Kier molecular flexibility index (Phi) is 9.04. The first-order valence-corrected chi connectivity index (χ1v) is 15.4. The van der Waals surface area contributed by atoms with E-state index in [1.165, 1.54) is 6.07 Å². The van der Waals surface area contributed by atoms with Gasteiger partial charge in [0.2, 0.25) is 5.91 Å². The van der Waals surface area contributed by atoms with Crippen molar-refractivity contribution in [3.05, 3.63) is 57.2 Å². The zero-order valence-corrected chi connectivity index (χ0v) is 25.6. The number of aliphatic imine (C=N–C) groups is 1. The number of hydrogen-bond donors (Lipinski definition) is 6. The number of hydrogen-bond acceptors (Lipinski definition) is 13. The second-order valence-electron chi connectivity index (χ2n) is 12.6. The number of ether oxygens (including phenoxy) is 1. The molecular formula is C32H39N3O11. The van der Waals surface area contributed by atoms with Crippen molar-refractivity contribution in [2.75, 3.05) is 31.2 Å². The molecular weight excluding hydrogens is 602 g/mol. The average molecular weight is 642 g/mol. The van der Waals surface area contributed by atoms with Gasteiger partial charge in [-0.3, -0.25) is 14.6 Å². The first kappa shape index (κ1) is 32.3. The Morgan fingerprint density at radius 1 is 1.15 bits per heavy atom. The molecule has 0 aliphatic carbocycles. The summed E-state index contributed by atoms with van der Waals surface area (Å²) in [6.07, 6.45) is -0.430. The molecule has 248 valence electrons. The Morgan fingerprint density at radius 3 is 2.65 bits per heavy atom. The highest BCUT2D eigenvalue weighted by atomic mass is 17.2. The van der Waals surface area contributed by atoms with Crippen LogP contribution in [0, 0.1) is 12.8 Å². The minimum Gasteiger partial charge on any atom is -0.482 e. The maximum Gasteiger partial charge on any atom is 0.220 e. The number of nitrogens with one attached hydrogen (secondary N) is 1. The number of carbonyl (C=O) groups is 1. The zero-order valence-electron chi connectivity index (χ0n) is 25.6. The Morgan fingerprint density at radius 2 is 1.93 bits per heavy atom. The van der Waals surface area contributed by atoms with Crippen LogP contribution in [-0.2, 0) is 21.0 Å². The second-order valence-corrected chi connectivity index (χ2v) is 12.6. The highest BCUT2D eigenvalue weighted by Gasteiger charge is 2.46. The third-order valence-electron chi connectivity index (χ3n) is 9.15. The van der Waals surface area contributed by atoms with Crippen LogP contribution in [0.4, 0.5) is 5.69 Å². The van der Waals surface area contributed by atoms with E-state index < -0.39 is 49.3 Å². The molecule has 1 aromatic heterocycles. The van der Waals surface area contributed by atoms with Gasteiger partial charge in [0.25, 0.3) is 0 Å². The van der Waals surface area contributed by atoms with E-state index in [0.717, 1.165) is 11.3 Å². The lowest BCUT2D eigenvalue weighted by Crippen LogP contribution is -2.51. The standard InChI is InChI=1S/C32H39N3O11/c1-16-7-22(37)20-9-19-10-25(46-43-15-24(39)29(42)28(41)23(38)14-36)32(2,5-3-17-8-26(40)34-11-17)45-30(19)27(31(20)44-16)35-12-18-4-6-33-21(18)13-35/h4,6-7,9,13,17,23-25,28-29,36,38-39,41-42H,3,5,8,10-12,14-15H2,1-2H3,(H,34,40)/t17-,23+,24-,25+,28+,29+,32+/m0/s1. The lowest BCUT2D eigenvalue weighted by molar-refractivity contribution is -0.360. The van der Waals surface area contributed by atoms with E-state index in [1.807, 2.05) is 24.1 Å². The molecule has 0 radical (unpaired) electrons. The summed E-state index contributed by atoms with van der Waals surface area (Å²) >= 11 is 0. The Hall–Kier alpha value is -3.63. The summed E-state index contributed by atoms with van der Waals surface area (Å²) in [4.78, 5) is 42.7. The fourth-order valence-electron chi connectivity index (χ4n) is 6.37. The van der Waals surface area contributed by atoms with Crippen molar-refractivity contribution in [3.63, 3.8) is 0 Å². The average Bonchev–Trinajstić information content (AvgIpc) is 3.75. The highest BCUT2D eigenvalue weighted by Crippen LogP contribution is 2.48. The zero-order chi connectivity index (χ0) is 32.7. The first-order valence-electron chi connectivity index (χ1n) is 15.4. The molecule has 0 unspecified atom stereocenters. The molecule has 6 N–H and O–H groups in total. The normalized spacial score (nSPS) is 26.2. The first-order chi connectivity index (χ1) is 22.0. The molecule has 14 nitrogen and oxygen atoms in total. The Balaban J connectivity index is 1.33. The van der Waals surface area contributed by atoms with Crippen LogP contribution in [0.15, 0.2) is 49.9 Å². The maximum atomic E-state index is 13.2. The van der Waals surface area contributed by atoms with Crippen LogP contribution in [0.5, 0.6) is 5.75 Å². The van der Waals surface area contributed by atoms with E-state index in [1.54, 1.807) is 19.2 Å². The van der Waals surface area contributed by atoms with Gasteiger partial charge in [0.05, 0.1) is 24.2 Å². The van der Waals surface area contributed by atoms with E-state index in [9.17, 15) is 30.0 Å². The monoisotopic (exact) mass is 641 g/mol. The van der Waals surface area contributed by atoms with Crippen molar-refractivity contribution < 1.29 is 49.3 Å². The van der Waals surface area contributed by atoms with Crippen molar-refractivity contribution in [1.82, 2.24) is 5.32 Å². The number of amides is 1. The molecule has 14 heteroatoms. The topological polar surface area (TPSA) is 204 Å². The molecule has 46 heavy (non-hydrogen) atoms. The molecule has 4 aliphatic heterocycles. The van der Waals surface area contributed by atoms with Gasteiger partial charge in [-0.2, -0.15) is 0 Å². The van der Waals surface area contributed by atoms with Crippen molar-refractivity contribution in [2.45, 2.75) is 75.7 Å². The molecule has 7 atom stereocenters. The Labute approximate surface area is 264 Å². The van der Waals surface area contributed by atoms with E-state index in [0.29, 0.717) is 66.1 Å². The summed E-state index contributed by atoms with van der Waals surface area (Å²) in [5.74, 6) is 1.05. The minimum atomic E-state index is -1.82. The van der Waals surface area contributed by atoms with Gasteiger partial charge in [0.1, 0.15) is 54.2 Å². The van der Waals surface area contributed by atoms with E-state index in [4.69, 9.17) is 24.0 Å². The van der Waals surface area contributed by atoms with Crippen molar-refractivity contribution in [3.8, 4) is 5.75 Å². The number of benzene rings is 1. The lowest BCUT2D eigenvalue weighted by atomic mass is 9.83. The molecule has 1 amide bonds. The maximum absolute atomic E-state index is 13.2. The molecule has 0 spiro atoms. The molecule has 5 heterocycles. The minimum absolute atomic E-state index is 0.00835. The molecule has 1 saturated heterocycles. The van der Waals surface area contributed by atoms with Gasteiger partial charge in [-0.25, -0.2) is 9.78 Å². The van der Waals surface area contributed by atoms with E-state index in [-0.39, 0.29) is 23.7 Å². The van der Waals surface area contributed by atoms with Crippen molar-refractivity contribution in [1.29, 1.82) is 0 Å². The summed E-state index contributed by atoms with van der Waals surface area (Å²) < 4.78 is 13.0. The number of allylic oxidation sites excluding steroid dienone is 1. The van der Waals surface area contributed by atoms with Crippen LogP contribution >= 0.6 is 0 Å². The van der Waals surface area contributed by atoms with E-state index >= 15 is 0 Å². The number of aryl methyl sites for hydroxylation is 1. The molecule has 0 saturated carbocycles. The van der Waals surface area contributed by atoms with Crippen LogP contribution in [-0.4, -0.2) is 100 Å². The molecule has 6 rings (SSSR count). The van der Waals surface area contributed by atoms with Crippen molar-refractivity contribution >= 4 is 28.8 Å². The third-order valence-corrected chi connectivity index (χ3v) is 9.15.